The van der Waals surface area contributed by atoms with Crippen LogP contribution in [0.2, 0.25) is 0 Å². The molecule has 1 N–H and O–H groups in total. The molecule has 0 aliphatic heterocycles. The largest absolute Gasteiger partial charge is 0.372 e. The van der Waals surface area contributed by atoms with E-state index in [1.165, 1.54) is 5.00 Å². The zero-order chi connectivity index (χ0) is 7.61. The molecular formula is C8H13NS. The number of hydrogen-bond acceptors (Lipinski definition) is 2. The van der Waals surface area contributed by atoms with Gasteiger partial charge in [-0.2, -0.15) is 0 Å². The number of anilines is 1. The van der Waals surface area contributed by atoms with Crippen molar-refractivity contribution in [2.24, 2.45) is 0 Å². The van der Waals surface area contributed by atoms with Crippen LogP contribution in [0.1, 0.15) is 20.8 Å². The van der Waals surface area contributed by atoms with Gasteiger partial charge >= 0.3 is 0 Å². The molecule has 0 fully saturated rings. The van der Waals surface area contributed by atoms with Crippen LogP contribution in [0, 0.1) is 0 Å². The van der Waals surface area contributed by atoms with E-state index in [4.69, 9.17) is 0 Å². The summed E-state index contributed by atoms with van der Waals surface area (Å²) >= 11 is 1.74. The van der Waals surface area contributed by atoms with Crippen LogP contribution in [-0.4, -0.2) is 5.54 Å². The van der Waals surface area contributed by atoms with Gasteiger partial charge in [-0.15, -0.1) is 11.3 Å². The Bertz CT molecular complexity index is 184. The van der Waals surface area contributed by atoms with E-state index in [1.807, 2.05) is 0 Å². The van der Waals surface area contributed by atoms with E-state index >= 15 is 0 Å². The first kappa shape index (κ1) is 7.61. The summed E-state index contributed by atoms with van der Waals surface area (Å²) in [5.74, 6) is 0. The Balaban J connectivity index is 2.57. The summed E-state index contributed by atoms with van der Waals surface area (Å²) in [6.45, 7) is 6.48. The number of nitrogens with one attached hydrogen (secondary N) is 1. The van der Waals surface area contributed by atoms with Crippen molar-refractivity contribution in [3.05, 3.63) is 17.5 Å². The molecule has 0 amide bonds. The van der Waals surface area contributed by atoms with Crippen LogP contribution in [-0.2, 0) is 0 Å². The van der Waals surface area contributed by atoms with Gasteiger partial charge in [0, 0.05) is 5.54 Å². The fourth-order valence-corrected chi connectivity index (χ4v) is 1.55. The Morgan fingerprint density at radius 2 is 2.10 bits per heavy atom. The van der Waals surface area contributed by atoms with Crippen molar-refractivity contribution in [1.29, 1.82) is 0 Å². The average Bonchev–Trinajstić information content (AvgIpc) is 2.12. The van der Waals surface area contributed by atoms with Gasteiger partial charge in [-0.25, -0.2) is 0 Å². The van der Waals surface area contributed by atoms with Gasteiger partial charge in [0.25, 0.3) is 0 Å². The summed E-state index contributed by atoms with van der Waals surface area (Å²) in [6.07, 6.45) is 0. The fourth-order valence-electron chi connectivity index (χ4n) is 0.719. The lowest BCUT2D eigenvalue weighted by atomic mass is 10.1. The maximum absolute atomic E-state index is 3.38. The molecule has 0 unspecified atom stereocenters. The van der Waals surface area contributed by atoms with Crippen LogP contribution >= 0.6 is 11.3 Å². The van der Waals surface area contributed by atoms with Gasteiger partial charge < -0.3 is 5.32 Å². The van der Waals surface area contributed by atoms with Crippen LogP contribution in [0.15, 0.2) is 17.5 Å². The predicted molar refractivity (Wildman–Crippen MR) is 47.7 cm³/mol. The van der Waals surface area contributed by atoms with E-state index in [0.717, 1.165) is 0 Å². The Morgan fingerprint density at radius 3 is 2.50 bits per heavy atom. The maximum Gasteiger partial charge on any atom is 0.0886 e. The molecule has 1 nitrogen and oxygen atoms in total. The monoisotopic (exact) mass is 155 g/mol. The summed E-state index contributed by atoms with van der Waals surface area (Å²) in [4.78, 5) is 0. The number of thiophene rings is 1. The Hall–Kier alpha value is -0.500. The van der Waals surface area contributed by atoms with Gasteiger partial charge in [-0.1, -0.05) is 0 Å². The minimum absolute atomic E-state index is 0.185. The summed E-state index contributed by atoms with van der Waals surface area (Å²) in [7, 11) is 0. The fraction of sp³-hybridized carbons (Fsp3) is 0.500. The first-order chi connectivity index (χ1) is 4.58. The molecule has 0 aliphatic rings. The van der Waals surface area contributed by atoms with Crippen molar-refractivity contribution >= 4 is 16.3 Å². The normalized spacial score (nSPS) is 11.5. The highest BCUT2D eigenvalue weighted by atomic mass is 32.1. The van der Waals surface area contributed by atoms with Crippen molar-refractivity contribution in [2.75, 3.05) is 5.32 Å². The Labute approximate surface area is 66.1 Å². The third-order valence-electron chi connectivity index (χ3n) is 1.02. The molecule has 2 heteroatoms. The second kappa shape index (κ2) is 2.62. The molecule has 0 aliphatic carbocycles. The molecule has 0 aromatic carbocycles. The van der Waals surface area contributed by atoms with E-state index in [2.05, 4.69) is 43.6 Å². The minimum atomic E-state index is 0.185. The highest BCUT2D eigenvalue weighted by Gasteiger charge is 2.08. The zero-order valence-corrected chi connectivity index (χ0v) is 7.46. The predicted octanol–water partition coefficient (Wildman–Crippen LogP) is 2.96. The van der Waals surface area contributed by atoms with Gasteiger partial charge in [0.15, 0.2) is 0 Å². The topological polar surface area (TPSA) is 12.0 Å². The molecule has 0 atom stereocenters. The van der Waals surface area contributed by atoms with Gasteiger partial charge in [-0.05, 0) is 38.3 Å². The quantitative estimate of drug-likeness (QED) is 0.657. The smallest absolute Gasteiger partial charge is 0.0886 e. The SMILES string of the molecule is CC(C)(C)Nc1cccs1. The van der Waals surface area contributed by atoms with Gasteiger partial charge in [-0.3, -0.25) is 0 Å². The Morgan fingerprint density at radius 1 is 1.40 bits per heavy atom. The lowest BCUT2D eigenvalue weighted by Gasteiger charge is -2.20. The first-order valence-electron chi connectivity index (χ1n) is 3.40. The molecular weight excluding hydrogens is 142 g/mol. The minimum Gasteiger partial charge on any atom is -0.372 e. The first-order valence-corrected chi connectivity index (χ1v) is 4.27. The molecule has 1 aromatic rings. The van der Waals surface area contributed by atoms with E-state index < -0.39 is 0 Å². The van der Waals surface area contributed by atoms with E-state index in [0.29, 0.717) is 0 Å². The molecule has 0 saturated heterocycles. The molecule has 0 bridgehead atoms. The van der Waals surface area contributed by atoms with Crippen molar-refractivity contribution in [3.8, 4) is 0 Å². The van der Waals surface area contributed by atoms with Gasteiger partial charge in [0.05, 0.1) is 5.00 Å². The summed E-state index contributed by atoms with van der Waals surface area (Å²) in [5.41, 5.74) is 0.185. The third kappa shape index (κ3) is 2.40. The van der Waals surface area contributed by atoms with Crippen LogP contribution in [0.4, 0.5) is 5.00 Å². The van der Waals surface area contributed by atoms with Crippen molar-refractivity contribution < 1.29 is 0 Å². The lowest BCUT2D eigenvalue weighted by molar-refractivity contribution is 0.636. The maximum atomic E-state index is 3.38. The van der Waals surface area contributed by atoms with Crippen molar-refractivity contribution in [2.45, 2.75) is 26.3 Å². The second-order valence-corrected chi connectivity index (χ2v) is 4.30. The van der Waals surface area contributed by atoms with Gasteiger partial charge in [0.1, 0.15) is 0 Å². The van der Waals surface area contributed by atoms with Crippen LogP contribution in [0.25, 0.3) is 0 Å². The highest BCUT2D eigenvalue weighted by molar-refractivity contribution is 7.14. The number of hydrogen-bond donors (Lipinski definition) is 1. The van der Waals surface area contributed by atoms with Crippen molar-refractivity contribution in [1.82, 2.24) is 0 Å². The molecule has 1 aromatic heterocycles. The average molecular weight is 155 g/mol. The van der Waals surface area contributed by atoms with Crippen LogP contribution in [0.3, 0.4) is 0 Å². The molecule has 10 heavy (non-hydrogen) atoms. The van der Waals surface area contributed by atoms with Crippen LogP contribution in [0.5, 0.6) is 0 Å². The standard InChI is InChI=1S/C8H13NS/c1-8(2,3)9-7-5-4-6-10-7/h4-6,9H,1-3H3. The molecule has 1 rings (SSSR count). The second-order valence-electron chi connectivity index (χ2n) is 3.35. The van der Waals surface area contributed by atoms with E-state index in [9.17, 15) is 0 Å². The zero-order valence-electron chi connectivity index (χ0n) is 6.64. The van der Waals surface area contributed by atoms with E-state index in [1.54, 1.807) is 11.3 Å². The molecule has 0 spiro atoms. The Kier molecular flexibility index (Phi) is 2.00. The van der Waals surface area contributed by atoms with Gasteiger partial charge in [0.2, 0.25) is 0 Å². The number of rotatable bonds is 1. The van der Waals surface area contributed by atoms with Crippen LogP contribution < -0.4 is 5.32 Å². The molecule has 1 heterocycles. The van der Waals surface area contributed by atoms with Crippen molar-refractivity contribution in [3.63, 3.8) is 0 Å². The molecule has 56 valence electrons. The molecule has 0 radical (unpaired) electrons. The lowest BCUT2D eigenvalue weighted by Crippen LogP contribution is -2.25. The van der Waals surface area contributed by atoms with E-state index in [-0.39, 0.29) is 5.54 Å². The highest BCUT2D eigenvalue weighted by Crippen LogP contribution is 2.19. The third-order valence-corrected chi connectivity index (χ3v) is 1.80. The summed E-state index contributed by atoms with van der Waals surface area (Å²) < 4.78 is 0. The summed E-state index contributed by atoms with van der Waals surface area (Å²) in [6, 6.07) is 4.15. The summed E-state index contributed by atoms with van der Waals surface area (Å²) in [5, 5.41) is 6.70. The molecule has 0 saturated carbocycles.